The molecule has 0 aliphatic carbocycles. The predicted octanol–water partition coefficient (Wildman–Crippen LogP) is 1.96. The average molecular weight is 300 g/mol. The Morgan fingerprint density at radius 1 is 1.18 bits per heavy atom. The highest BCUT2D eigenvalue weighted by molar-refractivity contribution is 5.92. The van der Waals surface area contributed by atoms with E-state index in [1.165, 1.54) is 0 Å². The fourth-order valence-electron chi connectivity index (χ4n) is 2.02. The van der Waals surface area contributed by atoms with Crippen molar-refractivity contribution in [2.75, 3.05) is 25.5 Å². The Morgan fingerprint density at radius 3 is 2.68 bits per heavy atom. The van der Waals surface area contributed by atoms with Crippen LogP contribution in [0.5, 0.6) is 5.75 Å². The zero-order chi connectivity index (χ0) is 15.8. The zero-order valence-electron chi connectivity index (χ0n) is 12.5. The van der Waals surface area contributed by atoms with E-state index in [9.17, 15) is 9.90 Å². The van der Waals surface area contributed by atoms with Gasteiger partial charge >= 0.3 is 0 Å². The molecule has 2 rings (SSSR count). The quantitative estimate of drug-likeness (QED) is 0.731. The van der Waals surface area contributed by atoms with Gasteiger partial charge in [-0.15, -0.1) is 0 Å². The first kappa shape index (κ1) is 16.0. The van der Waals surface area contributed by atoms with Gasteiger partial charge in [0.1, 0.15) is 5.75 Å². The van der Waals surface area contributed by atoms with Gasteiger partial charge in [0.25, 0.3) is 0 Å². The summed E-state index contributed by atoms with van der Waals surface area (Å²) >= 11 is 0. The van der Waals surface area contributed by atoms with Crippen LogP contribution in [0, 0.1) is 0 Å². The number of rotatable bonds is 7. The van der Waals surface area contributed by atoms with Crippen LogP contribution in [0.2, 0.25) is 0 Å². The molecule has 5 heteroatoms. The summed E-state index contributed by atoms with van der Waals surface area (Å²) in [6.45, 7) is 0.441. The third-order valence-corrected chi connectivity index (χ3v) is 3.16. The second-order valence-electron chi connectivity index (χ2n) is 4.84. The highest BCUT2D eigenvalue weighted by atomic mass is 16.5. The number of carbonyl (C=O) groups is 1. The van der Waals surface area contributed by atoms with Gasteiger partial charge in [0, 0.05) is 18.3 Å². The first-order valence-corrected chi connectivity index (χ1v) is 7.06. The molecule has 0 heterocycles. The van der Waals surface area contributed by atoms with Crippen molar-refractivity contribution < 1.29 is 14.6 Å². The fourth-order valence-corrected chi connectivity index (χ4v) is 2.02. The van der Waals surface area contributed by atoms with Gasteiger partial charge in [0.15, 0.2) is 0 Å². The van der Waals surface area contributed by atoms with Gasteiger partial charge in [-0.25, -0.2) is 0 Å². The van der Waals surface area contributed by atoms with E-state index in [1.807, 2.05) is 36.4 Å². The van der Waals surface area contributed by atoms with E-state index in [0.717, 1.165) is 5.56 Å². The number of hydrogen-bond acceptors (Lipinski definition) is 4. The van der Waals surface area contributed by atoms with E-state index >= 15 is 0 Å². The third-order valence-electron chi connectivity index (χ3n) is 3.16. The Bertz CT molecular complexity index is 602. The molecular formula is C17H20N2O3. The second-order valence-corrected chi connectivity index (χ2v) is 4.84. The molecule has 0 unspecified atom stereocenters. The molecule has 3 N–H and O–H groups in total. The average Bonchev–Trinajstić information content (AvgIpc) is 2.55. The number of methoxy groups -OCH3 is 1. The molecule has 5 nitrogen and oxygen atoms in total. The van der Waals surface area contributed by atoms with Gasteiger partial charge < -0.3 is 20.5 Å². The predicted molar refractivity (Wildman–Crippen MR) is 85.9 cm³/mol. The van der Waals surface area contributed by atoms with Crippen molar-refractivity contribution >= 4 is 11.6 Å². The molecule has 1 amide bonds. The summed E-state index contributed by atoms with van der Waals surface area (Å²) < 4.78 is 5.10. The van der Waals surface area contributed by atoms with Crippen molar-refractivity contribution in [2.45, 2.75) is 6.10 Å². The summed E-state index contributed by atoms with van der Waals surface area (Å²) in [7, 11) is 1.58. The molecule has 0 saturated carbocycles. The first-order chi connectivity index (χ1) is 10.7. The smallest absolute Gasteiger partial charge is 0.238 e. The van der Waals surface area contributed by atoms with Gasteiger partial charge in [0.2, 0.25) is 5.91 Å². The van der Waals surface area contributed by atoms with Crippen LogP contribution in [-0.4, -0.2) is 31.2 Å². The van der Waals surface area contributed by atoms with Gasteiger partial charge in [-0.1, -0.05) is 36.4 Å². The van der Waals surface area contributed by atoms with E-state index in [0.29, 0.717) is 18.0 Å². The SMILES string of the molecule is COc1cccc(NC(=O)CNC[C@H](O)c2ccccc2)c1. The molecule has 0 aliphatic rings. The zero-order valence-corrected chi connectivity index (χ0v) is 12.5. The molecule has 1 atom stereocenters. The molecule has 0 spiro atoms. The molecule has 2 aromatic carbocycles. The lowest BCUT2D eigenvalue weighted by Gasteiger charge is -2.12. The normalized spacial score (nSPS) is 11.7. The van der Waals surface area contributed by atoms with E-state index in [2.05, 4.69) is 10.6 Å². The van der Waals surface area contributed by atoms with Crippen LogP contribution in [0.1, 0.15) is 11.7 Å². The Morgan fingerprint density at radius 2 is 1.95 bits per heavy atom. The largest absolute Gasteiger partial charge is 0.497 e. The highest BCUT2D eigenvalue weighted by Crippen LogP contribution is 2.16. The summed E-state index contributed by atoms with van der Waals surface area (Å²) in [5, 5.41) is 15.7. The van der Waals surface area contributed by atoms with Crippen molar-refractivity contribution in [1.29, 1.82) is 0 Å². The molecule has 0 aliphatic heterocycles. The monoisotopic (exact) mass is 300 g/mol. The van der Waals surface area contributed by atoms with Crippen molar-refractivity contribution in [2.24, 2.45) is 0 Å². The molecule has 0 radical (unpaired) electrons. The van der Waals surface area contributed by atoms with Crippen LogP contribution < -0.4 is 15.4 Å². The molecule has 116 valence electrons. The number of amides is 1. The third kappa shape index (κ3) is 4.87. The minimum atomic E-state index is -0.634. The Labute approximate surface area is 129 Å². The number of benzene rings is 2. The molecule has 0 saturated heterocycles. The lowest BCUT2D eigenvalue weighted by Crippen LogP contribution is -2.31. The van der Waals surface area contributed by atoms with Crippen molar-refractivity contribution in [3.05, 3.63) is 60.2 Å². The highest BCUT2D eigenvalue weighted by Gasteiger charge is 2.08. The Balaban J connectivity index is 1.76. The van der Waals surface area contributed by atoms with Crippen LogP contribution in [0.4, 0.5) is 5.69 Å². The fraction of sp³-hybridized carbons (Fsp3) is 0.235. The first-order valence-electron chi connectivity index (χ1n) is 7.06. The van der Waals surface area contributed by atoms with E-state index in [1.54, 1.807) is 25.3 Å². The van der Waals surface area contributed by atoms with Crippen LogP contribution in [0.25, 0.3) is 0 Å². The maximum absolute atomic E-state index is 11.8. The minimum absolute atomic E-state index is 0.126. The standard InChI is InChI=1S/C17H20N2O3/c1-22-15-9-5-8-14(10-15)19-17(21)12-18-11-16(20)13-6-3-2-4-7-13/h2-10,16,18,20H,11-12H2,1H3,(H,19,21)/t16-/m0/s1. The molecule has 0 bridgehead atoms. The van der Waals surface area contributed by atoms with Gasteiger partial charge in [-0.2, -0.15) is 0 Å². The molecular weight excluding hydrogens is 280 g/mol. The van der Waals surface area contributed by atoms with Crippen LogP contribution >= 0.6 is 0 Å². The lowest BCUT2D eigenvalue weighted by molar-refractivity contribution is -0.115. The van der Waals surface area contributed by atoms with Crippen LogP contribution in [-0.2, 0) is 4.79 Å². The number of anilines is 1. The van der Waals surface area contributed by atoms with Gasteiger partial charge in [-0.05, 0) is 17.7 Å². The maximum Gasteiger partial charge on any atom is 0.238 e. The van der Waals surface area contributed by atoms with Crippen molar-refractivity contribution in [3.63, 3.8) is 0 Å². The molecule has 0 aromatic heterocycles. The van der Waals surface area contributed by atoms with Gasteiger partial charge in [-0.3, -0.25) is 4.79 Å². The topological polar surface area (TPSA) is 70.6 Å². The number of ether oxygens (including phenoxy) is 1. The maximum atomic E-state index is 11.8. The van der Waals surface area contributed by atoms with E-state index < -0.39 is 6.10 Å². The molecule has 22 heavy (non-hydrogen) atoms. The number of nitrogens with one attached hydrogen (secondary N) is 2. The number of hydrogen-bond donors (Lipinski definition) is 3. The lowest BCUT2D eigenvalue weighted by atomic mass is 10.1. The van der Waals surface area contributed by atoms with Crippen LogP contribution in [0.3, 0.4) is 0 Å². The van der Waals surface area contributed by atoms with Crippen LogP contribution in [0.15, 0.2) is 54.6 Å². The van der Waals surface area contributed by atoms with Crippen molar-refractivity contribution in [3.8, 4) is 5.75 Å². The number of aliphatic hydroxyl groups excluding tert-OH is 1. The molecule has 0 fully saturated rings. The summed E-state index contributed by atoms with van der Waals surface area (Å²) in [5.74, 6) is 0.513. The van der Waals surface area contributed by atoms with E-state index in [4.69, 9.17) is 4.74 Å². The number of aliphatic hydroxyl groups is 1. The minimum Gasteiger partial charge on any atom is -0.497 e. The summed E-state index contributed by atoms with van der Waals surface area (Å²) in [6.07, 6.45) is -0.634. The Hall–Kier alpha value is -2.37. The summed E-state index contributed by atoms with van der Waals surface area (Å²) in [5.41, 5.74) is 1.50. The second kappa shape index (κ2) is 8.17. The summed E-state index contributed by atoms with van der Waals surface area (Å²) in [6, 6.07) is 16.5. The van der Waals surface area contributed by atoms with Gasteiger partial charge in [0.05, 0.1) is 19.8 Å². The van der Waals surface area contributed by atoms with E-state index in [-0.39, 0.29) is 12.5 Å². The number of carbonyl (C=O) groups excluding carboxylic acids is 1. The summed E-state index contributed by atoms with van der Waals surface area (Å²) in [4.78, 5) is 11.8. The molecule has 2 aromatic rings. The van der Waals surface area contributed by atoms with Crippen molar-refractivity contribution in [1.82, 2.24) is 5.32 Å². The Kier molecular flexibility index (Phi) is 5.94.